The van der Waals surface area contributed by atoms with Crippen molar-refractivity contribution < 1.29 is 9.53 Å². The Labute approximate surface area is 105 Å². The molecule has 90 valence electrons. The van der Waals surface area contributed by atoms with Gasteiger partial charge in [-0.15, -0.1) is 0 Å². The van der Waals surface area contributed by atoms with Crippen LogP contribution in [-0.2, 0) is 5.60 Å². The average Bonchev–Trinajstić information content (AvgIpc) is 2.40. The quantitative estimate of drug-likeness (QED) is 0.768. The van der Waals surface area contributed by atoms with E-state index in [1.807, 2.05) is 37.3 Å². The minimum Gasteiger partial charge on any atom is -0.482 e. The van der Waals surface area contributed by atoms with Crippen molar-refractivity contribution in [1.29, 1.82) is 0 Å². The zero-order valence-corrected chi connectivity index (χ0v) is 10.1. The Kier molecular flexibility index (Phi) is 2.40. The maximum Gasteiger partial charge on any atom is 0.170 e. The molecule has 1 aromatic heterocycles. The minimum atomic E-state index is -0.625. The van der Waals surface area contributed by atoms with E-state index in [1.54, 1.807) is 18.5 Å². The van der Waals surface area contributed by atoms with Crippen molar-refractivity contribution in [2.24, 2.45) is 0 Å². The number of Topliss-reactive ketones (excluding diaryl/α,β-unsaturated/α-hetero) is 1. The maximum atomic E-state index is 12.2. The fraction of sp³-hybridized carbons (Fsp3) is 0.200. The summed E-state index contributed by atoms with van der Waals surface area (Å²) in [4.78, 5) is 16.3. The molecular weight excluding hydrogens is 226 g/mol. The third kappa shape index (κ3) is 1.68. The molecule has 18 heavy (non-hydrogen) atoms. The van der Waals surface area contributed by atoms with Crippen LogP contribution in [0.15, 0.2) is 48.8 Å². The van der Waals surface area contributed by atoms with Crippen molar-refractivity contribution in [2.45, 2.75) is 18.9 Å². The number of carbonyl (C=O) groups is 1. The van der Waals surface area contributed by atoms with E-state index in [4.69, 9.17) is 4.74 Å². The number of nitrogens with zero attached hydrogens (tertiary/aromatic N) is 1. The van der Waals surface area contributed by atoms with Gasteiger partial charge in [0.15, 0.2) is 5.78 Å². The summed E-state index contributed by atoms with van der Waals surface area (Å²) in [5, 5.41) is 0. The number of hydrogen-bond acceptors (Lipinski definition) is 3. The number of hydrogen-bond donors (Lipinski definition) is 0. The Hall–Kier alpha value is -2.16. The standard InChI is InChI=1S/C15H13NO2/c1-15(11-5-4-8-16-10-11)9-13(17)12-6-2-3-7-14(12)18-15/h2-8,10H,9H2,1H3/t15-/m0/s1. The van der Waals surface area contributed by atoms with E-state index >= 15 is 0 Å². The van der Waals surface area contributed by atoms with Gasteiger partial charge in [-0.25, -0.2) is 0 Å². The predicted octanol–water partition coefficient (Wildman–Crippen LogP) is 2.96. The van der Waals surface area contributed by atoms with E-state index in [1.165, 1.54) is 0 Å². The molecule has 1 aromatic carbocycles. The number of aromatic nitrogens is 1. The summed E-state index contributed by atoms with van der Waals surface area (Å²) in [7, 11) is 0. The van der Waals surface area contributed by atoms with Crippen molar-refractivity contribution in [3.63, 3.8) is 0 Å². The predicted molar refractivity (Wildman–Crippen MR) is 67.6 cm³/mol. The molecule has 0 saturated heterocycles. The summed E-state index contributed by atoms with van der Waals surface area (Å²) in [6.45, 7) is 1.93. The first-order chi connectivity index (χ1) is 8.69. The normalized spacial score (nSPS) is 22.2. The van der Waals surface area contributed by atoms with Crippen molar-refractivity contribution in [1.82, 2.24) is 4.98 Å². The molecule has 0 N–H and O–H groups in total. The number of fused-ring (bicyclic) bond motifs is 1. The molecule has 0 unspecified atom stereocenters. The Bertz CT molecular complexity index is 594. The highest BCUT2D eigenvalue weighted by atomic mass is 16.5. The van der Waals surface area contributed by atoms with Gasteiger partial charge in [-0.3, -0.25) is 9.78 Å². The third-order valence-electron chi connectivity index (χ3n) is 3.29. The van der Waals surface area contributed by atoms with Gasteiger partial charge in [-0.2, -0.15) is 0 Å². The molecule has 0 bridgehead atoms. The van der Waals surface area contributed by atoms with E-state index in [2.05, 4.69) is 4.98 Å². The van der Waals surface area contributed by atoms with Gasteiger partial charge in [0.2, 0.25) is 0 Å². The van der Waals surface area contributed by atoms with Gasteiger partial charge >= 0.3 is 0 Å². The Morgan fingerprint density at radius 2 is 2.06 bits per heavy atom. The largest absolute Gasteiger partial charge is 0.482 e. The second kappa shape index (κ2) is 3.95. The summed E-state index contributed by atoms with van der Waals surface area (Å²) in [6, 6.07) is 11.2. The van der Waals surface area contributed by atoms with E-state index in [0.29, 0.717) is 17.7 Å². The first kappa shape index (κ1) is 11.0. The zero-order valence-electron chi connectivity index (χ0n) is 10.1. The molecule has 1 atom stereocenters. The highest BCUT2D eigenvalue weighted by Gasteiger charge is 2.37. The first-order valence-corrected chi connectivity index (χ1v) is 5.91. The highest BCUT2D eigenvalue weighted by Crippen LogP contribution is 2.38. The molecular formula is C15H13NO2. The molecule has 1 aliphatic rings. The molecule has 0 aliphatic carbocycles. The van der Waals surface area contributed by atoms with Crippen LogP contribution in [0.1, 0.15) is 29.3 Å². The summed E-state index contributed by atoms with van der Waals surface area (Å²) < 4.78 is 6.02. The minimum absolute atomic E-state index is 0.114. The maximum absolute atomic E-state index is 12.2. The number of carbonyl (C=O) groups excluding carboxylic acids is 1. The molecule has 0 saturated carbocycles. The van der Waals surface area contributed by atoms with Crippen LogP contribution in [0.5, 0.6) is 5.75 Å². The van der Waals surface area contributed by atoms with Gasteiger partial charge in [0, 0.05) is 18.0 Å². The lowest BCUT2D eigenvalue weighted by Gasteiger charge is -2.35. The molecule has 0 fully saturated rings. The van der Waals surface area contributed by atoms with Crippen molar-refractivity contribution in [3.8, 4) is 5.75 Å². The summed E-state index contributed by atoms with van der Waals surface area (Å²) in [5.74, 6) is 0.767. The molecule has 3 nitrogen and oxygen atoms in total. The number of ether oxygens (including phenoxy) is 1. The zero-order chi connectivity index (χ0) is 12.6. The van der Waals surface area contributed by atoms with Crippen molar-refractivity contribution in [2.75, 3.05) is 0 Å². The second-order valence-electron chi connectivity index (χ2n) is 4.67. The van der Waals surface area contributed by atoms with Crippen LogP contribution in [0.25, 0.3) is 0 Å². The summed E-state index contributed by atoms with van der Waals surface area (Å²) in [6.07, 6.45) is 3.81. The van der Waals surface area contributed by atoms with E-state index in [9.17, 15) is 4.79 Å². The highest BCUT2D eigenvalue weighted by molar-refractivity contribution is 6.00. The van der Waals surface area contributed by atoms with Crippen LogP contribution in [0.2, 0.25) is 0 Å². The van der Waals surface area contributed by atoms with Crippen LogP contribution in [0.3, 0.4) is 0 Å². The summed E-state index contributed by atoms with van der Waals surface area (Å²) in [5.41, 5.74) is 0.964. The van der Waals surface area contributed by atoms with Crippen LogP contribution in [-0.4, -0.2) is 10.8 Å². The topological polar surface area (TPSA) is 39.2 Å². The van der Waals surface area contributed by atoms with Crippen LogP contribution in [0, 0.1) is 0 Å². The molecule has 0 radical (unpaired) electrons. The Morgan fingerprint density at radius 1 is 1.22 bits per heavy atom. The van der Waals surface area contributed by atoms with Gasteiger partial charge in [-0.05, 0) is 25.1 Å². The Morgan fingerprint density at radius 3 is 2.83 bits per heavy atom. The molecule has 0 spiro atoms. The lowest BCUT2D eigenvalue weighted by molar-refractivity contribution is 0.0502. The van der Waals surface area contributed by atoms with Gasteiger partial charge < -0.3 is 4.74 Å². The van der Waals surface area contributed by atoms with Crippen molar-refractivity contribution >= 4 is 5.78 Å². The van der Waals surface area contributed by atoms with Gasteiger partial charge in [0.1, 0.15) is 11.4 Å². The lowest BCUT2D eigenvalue weighted by Crippen LogP contribution is -2.36. The SMILES string of the molecule is C[C@@]1(c2cccnc2)CC(=O)c2ccccc2O1. The van der Waals surface area contributed by atoms with Crippen LogP contribution >= 0.6 is 0 Å². The van der Waals surface area contributed by atoms with Gasteiger partial charge in [0.25, 0.3) is 0 Å². The van der Waals surface area contributed by atoms with Crippen LogP contribution < -0.4 is 4.74 Å². The number of ketones is 1. The molecule has 0 amide bonds. The molecule has 3 heteroatoms. The fourth-order valence-electron chi connectivity index (χ4n) is 2.30. The van der Waals surface area contributed by atoms with E-state index < -0.39 is 5.60 Å². The average molecular weight is 239 g/mol. The lowest BCUT2D eigenvalue weighted by atomic mass is 9.86. The number of para-hydroxylation sites is 1. The Balaban J connectivity index is 2.06. The number of benzene rings is 1. The van der Waals surface area contributed by atoms with Crippen LogP contribution in [0.4, 0.5) is 0 Å². The smallest absolute Gasteiger partial charge is 0.170 e. The number of rotatable bonds is 1. The van der Waals surface area contributed by atoms with Gasteiger partial charge in [-0.1, -0.05) is 18.2 Å². The number of pyridine rings is 1. The first-order valence-electron chi connectivity index (χ1n) is 5.91. The monoisotopic (exact) mass is 239 g/mol. The third-order valence-corrected chi connectivity index (χ3v) is 3.29. The molecule has 2 aromatic rings. The van der Waals surface area contributed by atoms with E-state index in [-0.39, 0.29) is 5.78 Å². The fourth-order valence-corrected chi connectivity index (χ4v) is 2.30. The van der Waals surface area contributed by atoms with E-state index in [0.717, 1.165) is 5.56 Å². The summed E-state index contributed by atoms with van der Waals surface area (Å²) >= 11 is 0. The molecule has 1 aliphatic heterocycles. The second-order valence-corrected chi connectivity index (χ2v) is 4.67. The molecule has 3 rings (SSSR count). The van der Waals surface area contributed by atoms with Gasteiger partial charge in [0.05, 0.1) is 12.0 Å². The molecule has 2 heterocycles. The van der Waals surface area contributed by atoms with Crippen molar-refractivity contribution in [3.05, 3.63) is 59.9 Å².